The van der Waals surface area contributed by atoms with Crippen molar-refractivity contribution in [2.45, 2.75) is 19.4 Å². The molecule has 0 spiro atoms. The Hall–Kier alpha value is -2.12. The Balaban J connectivity index is 1.85. The minimum absolute atomic E-state index is 0.714. The van der Waals surface area contributed by atoms with Crippen molar-refractivity contribution in [3.63, 3.8) is 0 Å². The highest BCUT2D eigenvalue weighted by molar-refractivity contribution is 6.85. The zero-order chi connectivity index (χ0) is 15.2. The van der Waals surface area contributed by atoms with Gasteiger partial charge in [0.1, 0.15) is 8.80 Å². The van der Waals surface area contributed by atoms with Crippen LogP contribution in [0.15, 0.2) is 84.9 Å². The average Bonchev–Trinajstić information content (AvgIpc) is 2.59. The number of rotatable bonds is 5. The molecule has 0 amide bonds. The van der Waals surface area contributed by atoms with Crippen LogP contribution in [0, 0.1) is 6.92 Å². The summed E-state index contributed by atoms with van der Waals surface area (Å²) in [6.45, 7) is 2.22. The molecule has 0 aliphatic carbocycles. The van der Waals surface area contributed by atoms with Crippen molar-refractivity contribution in [3.8, 4) is 0 Å². The zero-order valence-electron chi connectivity index (χ0n) is 13.0. The third kappa shape index (κ3) is 3.55. The molecule has 0 heterocycles. The Morgan fingerprint density at radius 3 is 1.68 bits per heavy atom. The summed E-state index contributed by atoms with van der Waals surface area (Å²) in [6.07, 6.45) is 1.16. The molecular formula is C21H21Si. The normalized spacial score (nSPS) is 10.8. The maximum Gasteiger partial charge on any atom is 0.121 e. The van der Waals surface area contributed by atoms with Gasteiger partial charge in [-0.3, -0.25) is 0 Å². The molecule has 3 aromatic carbocycles. The molecule has 0 unspecified atom stereocenters. The summed E-state index contributed by atoms with van der Waals surface area (Å²) < 4.78 is 0. The quantitative estimate of drug-likeness (QED) is 0.628. The fraction of sp³-hybridized carbons (Fsp3) is 0.143. The lowest BCUT2D eigenvalue weighted by Gasteiger charge is -2.16. The highest BCUT2D eigenvalue weighted by atomic mass is 28.3. The van der Waals surface area contributed by atoms with E-state index in [-0.39, 0.29) is 0 Å². The van der Waals surface area contributed by atoms with E-state index in [9.17, 15) is 0 Å². The van der Waals surface area contributed by atoms with E-state index in [1.54, 1.807) is 0 Å². The molecule has 0 fully saturated rings. The van der Waals surface area contributed by atoms with E-state index in [1.807, 2.05) is 0 Å². The summed E-state index contributed by atoms with van der Waals surface area (Å²) in [5, 5.41) is 3.01. The van der Waals surface area contributed by atoms with Gasteiger partial charge < -0.3 is 0 Å². The average molecular weight is 301 g/mol. The van der Waals surface area contributed by atoms with Gasteiger partial charge in [-0.2, -0.15) is 0 Å². The molecule has 109 valence electrons. The predicted octanol–water partition coefficient (Wildman–Crippen LogP) is 3.85. The molecule has 3 rings (SSSR count). The fourth-order valence-corrected chi connectivity index (χ4v) is 5.50. The Morgan fingerprint density at radius 1 is 0.636 bits per heavy atom. The van der Waals surface area contributed by atoms with Crippen molar-refractivity contribution < 1.29 is 0 Å². The first kappa shape index (κ1) is 14.8. The summed E-state index contributed by atoms with van der Waals surface area (Å²) in [7, 11) is -0.714. The lowest BCUT2D eigenvalue weighted by Crippen LogP contribution is -2.42. The van der Waals surface area contributed by atoms with Gasteiger partial charge in [-0.25, -0.2) is 0 Å². The molecule has 0 saturated heterocycles. The van der Waals surface area contributed by atoms with Crippen LogP contribution in [0.3, 0.4) is 0 Å². The van der Waals surface area contributed by atoms with E-state index < -0.39 is 8.80 Å². The Morgan fingerprint density at radius 2 is 1.14 bits per heavy atom. The van der Waals surface area contributed by atoms with Crippen molar-refractivity contribution in [1.29, 1.82) is 0 Å². The number of hydrogen-bond donors (Lipinski definition) is 0. The molecule has 0 aromatic heterocycles. The second-order valence-corrected chi connectivity index (χ2v) is 8.25. The fourth-order valence-electron chi connectivity index (χ4n) is 2.88. The number of benzene rings is 3. The van der Waals surface area contributed by atoms with E-state index in [0.717, 1.165) is 6.42 Å². The van der Waals surface area contributed by atoms with Gasteiger partial charge in [0, 0.05) is 0 Å². The van der Waals surface area contributed by atoms with Crippen molar-refractivity contribution >= 4 is 19.2 Å². The maximum absolute atomic E-state index is 2.29. The van der Waals surface area contributed by atoms with Crippen LogP contribution in [0.2, 0.25) is 6.04 Å². The number of aryl methyl sites for hydroxylation is 2. The second-order valence-electron chi connectivity index (χ2n) is 5.64. The SMILES string of the molecule is Cc1ccccc1CC[Si](c1ccccc1)c1ccccc1. The minimum Gasteiger partial charge on any atom is -0.0628 e. The molecule has 22 heavy (non-hydrogen) atoms. The molecular weight excluding hydrogens is 280 g/mol. The highest BCUT2D eigenvalue weighted by Gasteiger charge is 2.16. The first-order valence-corrected chi connectivity index (χ1v) is 9.56. The first-order chi connectivity index (χ1) is 10.8. The molecule has 0 nitrogen and oxygen atoms in total. The van der Waals surface area contributed by atoms with Gasteiger partial charge >= 0.3 is 0 Å². The second kappa shape index (κ2) is 7.23. The first-order valence-electron chi connectivity index (χ1n) is 7.86. The molecule has 3 aromatic rings. The predicted molar refractivity (Wildman–Crippen MR) is 97.6 cm³/mol. The van der Waals surface area contributed by atoms with E-state index in [2.05, 4.69) is 91.9 Å². The topological polar surface area (TPSA) is 0 Å². The molecule has 1 radical (unpaired) electrons. The molecule has 1 heteroatoms. The van der Waals surface area contributed by atoms with Crippen LogP contribution in [-0.4, -0.2) is 8.80 Å². The molecule has 0 bridgehead atoms. The molecule has 0 aliphatic rings. The van der Waals surface area contributed by atoms with Crippen LogP contribution < -0.4 is 10.4 Å². The van der Waals surface area contributed by atoms with Crippen LogP contribution >= 0.6 is 0 Å². The lowest BCUT2D eigenvalue weighted by molar-refractivity contribution is 1.09. The van der Waals surface area contributed by atoms with Crippen LogP contribution in [0.25, 0.3) is 0 Å². The van der Waals surface area contributed by atoms with Gasteiger partial charge in [-0.1, -0.05) is 95.3 Å². The summed E-state index contributed by atoms with van der Waals surface area (Å²) in [5.74, 6) is 0. The van der Waals surface area contributed by atoms with Gasteiger partial charge in [0.25, 0.3) is 0 Å². The third-order valence-corrected chi connectivity index (χ3v) is 6.96. The molecule has 0 N–H and O–H groups in total. The van der Waals surface area contributed by atoms with Crippen LogP contribution in [0.5, 0.6) is 0 Å². The maximum atomic E-state index is 2.29. The van der Waals surface area contributed by atoms with Gasteiger partial charge in [0.05, 0.1) is 0 Å². The molecule has 0 atom stereocenters. The molecule has 0 aliphatic heterocycles. The van der Waals surface area contributed by atoms with Crippen molar-refractivity contribution in [1.82, 2.24) is 0 Å². The van der Waals surface area contributed by atoms with E-state index >= 15 is 0 Å². The monoisotopic (exact) mass is 301 g/mol. The van der Waals surface area contributed by atoms with Crippen molar-refractivity contribution in [2.24, 2.45) is 0 Å². The summed E-state index contributed by atoms with van der Waals surface area (Å²) >= 11 is 0. The van der Waals surface area contributed by atoms with Gasteiger partial charge in [-0.05, 0) is 30.5 Å². The summed E-state index contributed by atoms with van der Waals surface area (Å²) in [5.41, 5.74) is 2.89. The summed E-state index contributed by atoms with van der Waals surface area (Å²) in [6, 6.07) is 32.0. The van der Waals surface area contributed by atoms with Gasteiger partial charge in [-0.15, -0.1) is 0 Å². The third-order valence-electron chi connectivity index (χ3n) is 4.15. The van der Waals surface area contributed by atoms with Crippen LogP contribution in [0.1, 0.15) is 11.1 Å². The van der Waals surface area contributed by atoms with Crippen LogP contribution in [-0.2, 0) is 6.42 Å². The van der Waals surface area contributed by atoms with Gasteiger partial charge in [0.2, 0.25) is 0 Å². The minimum atomic E-state index is -0.714. The Labute approximate surface area is 135 Å². The van der Waals surface area contributed by atoms with Crippen molar-refractivity contribution in [3.05, 3.63) is 96.1 Å². The van der Waals surface area contributed by atoms with E-state index in [4.69, 9.17) is 0 Å². The van der Waals surface area contributed by atoms with Crippen LogP contribution in [0.4, 0.5) is 0 Å². The zero-order valence-corrected chi connectivity index (χ0v) is 14.0. The lowest BCUT2D eigenvalue weighted by atomic mass is 10.1. The Bertz CT molecular complexity index is 665. The summed E-state index contributed by atoms with van der Waals surface area (Å²) in [4.78, 5) is 0. The van der Waals surface area contributed by atoms with E-state index in [0.29, 0.717) is 0 Å². The smallest absolute Gasteiger partial charge is 0.0628 e. The van der Waals surface area contributed by atoms with Crippen molar-refractivity contribution in [2.75, 3.05) is 0 Å². The highest BCUT2D eigenvalue weighted by Crippen LogP contribution is 2.11. The molecule has 0 saturated carbocycles. The van der Waals surface area contributed by atoms with Gasteiger partial charge in [0.15, 0.2) is 0 Å². The van der Waals surface area contributed by atoms with E-state index in [1.165, 1.54) is 27.5 Å². The standard InChI is InChI=1S/C21H21Si/c1-18-10-8-9-11-19(18)16-17-22(20-12-4-2-5-13-20)21-14-6-3-7-15-21/h2-15H,16-17H2,1H3. The largest absolute Gasteiger partial charge is 0.121 e. The Kier molecular flexibility index (Phi) is 4.87. The number of hydrogen-bond acceptors (Lipinski definition) is 0.